The first-order valence-corrected chi connectivity index (χ1v) is 6.41. The van der Waals surface area contributed by atoms with Crippen LogP contribution in [0.2, 0.25) is 0 Å². The van der Waals surface area contributed by atoms with Crippen LogP contribution in [0.1, 0.15) is 24.2 Å². The van der Waals surface area contributed by atoms with Crippen molar-refractivity contribution in [2.24, 2.45) is 0 Å². The SMILES string of the molecule is CCN(CC)CCOC(=O)c1ccc(NC=O)cc1. The van der Waals surface area contributed by atoms with E-state index in [0.717, 1.165) is 19.6 Å². The fourth-order valence-electron chi connectivity index (χ4n) is 1.66. The second kappa shape index (κ2) is 8.26. The Morgan fingerprint density at radius 3 is 2.42 bits per heavy atom. The summed E-state index contributed by atoms with van der Waals surface area (Å²) in [6.45, 7) is 7.16. The van der Waals surface area contributed by atoms with Gasteiger partial charge >= 0.3 is 5.97 Å². The van der Waals surface area contributed by atoms with E-state index >= 15 is 0 Å². The van der Waals surface area contributed by atoms with Crippen molar-refractivity contribution >= 4 is 18.1 Å². The molecule has 0 aliphatic rings. The molecule has 1 aromatic rings. The zero-order chi connectivity index (χ0) is 14.1. The van der Waals surface area contributed by atoms with Crippen LogP contribution in [-0.2, 0) is 9.53 Å². The number of hydrogen-bond donors (Lipinski definition) is 1. The molecule has 5 nitrogen and oxygen atoms in total. The van der Waals surface area contributed by atoms with Crippen LogP contribution < -0.4 is 5.32 Å². The van der Waals surface area contributed by atoms with E-state index in [9.17, 15) is 9.59 Å². The van der Waals surface area contributed by atoms with Gasteiger partial charge in [-0.25, -0.2) is 4.79 Å². The summed E-state index contributed by atoms with van der Waals surface area (Å²) in [6, 6.07) is 6.59. The zero-order valence-corrected chi connectivity index (χ0v) is 11.4. The van der Waals surface area contributed by atoms with E-state index in [1.54, 1.807) is 24.3 Å². The zero-order valence-electron chi connectivity index (χ0n) is 11.4. The van der Waals surface area contributed by atoms with Gasteiger partial charge < -0.3 is 15.0 Å². The lowest BCUT2D eigenvalue weighted by atomic mass is 10.2. The van der Waals surface area contributed by atoms with Gasteiger partial charge in [0.05, 0.1) is 5.56 Å². The maximum atomic E-state index is 11.7. The molecular formula is C14H20N2O3. The van der Waals surface area contributed by atoms with Crippen molar-refractivity contribution in [3.8, 4) is 0 Å². The number of likely N-dealkylation sites (N-methyl/N-ethyl adjacent to an activating group) is 1. The van der Waals surface area contributed by atoms with Gasteiger partial charge in [-0.05, 0) is 37.4 Å². The molecule has 0 spiro atoms. The van der Waals surface area contributed by atoms with Gasteiger partial charge in [0.1, 0.15) is 6.61 Å². The molecule has 19 heavy (non-hydrogen) atoms. The Balaban J connectivity index is 2.42. The average molecular weight is 264 g/mol. The lowest BCUT2D eigenvalue weighted by molar-refractivity contribution is -0.105. The van der Waals surface area contributed by atoms with Gasteiger partial charge in [0.15, 0.2) is 0 Å². The first kappa shape index (κ1) is 15.2. The lowest BCUT2D eigenvalue weighted by Gasteiger charge is -2.17. The van der Waals surface area contributed by atoms with Crippen molar-refractivity contribution in [3.05, 3.63) is 29.8 Å². The Morgan fingerprint density at radius 1 is 1.26 bits per heavy atom. The van der Waals surface area contributed by atoms with Crippen molar-refractivity contribution in [1.29, 1.82) is 0 Å². The van der Waals surface area contributed by atoms with Crippen LogP contribution in [0.3, 0.4) is 0 Å². The van der Waals surface area contributed by atoms with Crippen LogP contribution in [-0.4, -0.2) is 43.5 Å². The Labute approximate surface area is 113 Å². The van der Waals surface area contributed by atoms with E-state index in [4.69, 9.17) is 4.74 Å². The number of carbonyl (C=O) groups is 2. The van der Waals surface area contributed by atoms with Gasteiger partial charge in [-0.2, -0.15) is 0 Å². The maximum Gasteiger partial charge on any atom is 0.338 e. The van der Waals surface area contributed by atoms with E-state index in [-0.39, 0.29) is 5.97 Å². The molecule has 1 amide bonds. The van der Waals surface area contributed by atoms with Crippen LogP contribution in [0.5, 0.6) is 0 Å². The van der Waals surface area contributed by atoms with Crippen LogP contribution in [0.25, 0.3) is 0 Å². The Hall–Kier alpha value is -1.88. The number of anilines is 1. The molecule has 0 saturated carbocycles. The minimum Gasteiger partial charge on any atom is -0.461 e. The maximum absolute atomic E-state index is 11.7. The molecule has 0 bridgehead atoms. The van der Waals surface area contributed by atoms with Gasteiger partial charge in [-0.3, -0.25) is 4.79 Å². The molecule has 1 N–H and O–H groups in total. The van der Waals surface area contributed by atoms with E-state index in [0.29, 0.717) is 24.3 Å². The minimum atomic E-state index is -0.343. The molecule has 5 heteroatoms. The Kier molecular flexibility index (Phi) is 6.60. The summed E-state index contributed by atoms with van der Waals surface area (Å²) < 4.78 is 5.19. The quantitative estimate of drug-likeness (QED) is 0.574. The Bertz CT molecular complexity index is 400. The molecule has 0 aliphatic carbocycles. The number of benzene rings is 1. The number of amides is 1. The molecule has 0 saturated heterocycles. The highest BCUT2D eigenvalue weighted by atomic mass is 16.5. The Morgan fingerprint density at radius 2 is 1.89 bits per heavy atom. The summed E-state index contributed by atoms with van der Waals surface area (Å²) in [6.07, 6.45) is 0.595. The molecule has 104 valence electrons. The van der Waals surface area contributed by atoms with Crippen LogP contribution >= 0.6 is 0 Å². The van der Waals surface area contributed by atoms with Gasteiger partial charge in [0.25, 0.3) is 0 Å². The first-order chi connectivity index (χ1) is 9.21. The molecule has 1 aromatic carbocycles. The lowest BCUT2D eigenvalue weighted by Crippen LogP contribution is -2.27. The van der Waals surface area contributed by atoms with E-state index < -0.39 is 0 Å². The second-order valence-corrected chi connectivity index (χ2v) is 4.00. The average Bonchev–Trinajstić information content (AvgIpc) is 2.44. The van der Waals surface area contributed by atoms with Crippen molar-refractivity contribution in [1.82, 2.24) is 4.90 Å². The number of nitrogens with one attached hydrogen (secondary N) is 1. The molecule has 0 aromatic heterocycles. The van der Waals surface area contributed by atoms with Gasteiger partial charge in [0, 0.05) is 12.2 Å². The number of ether oxygens (including phenoxy) is 1. The highest BCUT2D eigenvalue weighted by Gasteiger charge is 2.07. The van der Waals surface area contributed by atoms with Crippen LogP contribution in [0.15, 0.2) is 24.3 Å². The normalized spacial score (nSPS) is 10.3. The van der Waals surface area contributed by atoms with Crippen LogP contribution in [0, 0.1) is 0 Å². The highest BCUT2D eigenvalue weighted by Crippen LogP contribution is 2.09. The fraction of sp³-hybridized carbons (Fsp3) is 0.429. The molecule has 0 radical (unpaired) electrons. The second-order valence-electron chi connectivity index (χ2n) is 4.00. The molecule has 1 rings (SSSR count). The molecular weight excluding hydrogens is 244 g/mol. The van der Waals surface area contributed by atoms with Crippen LogP contribution in [0.4, 0.5) is 5.69 Å². The third kappa shape index (κ3) is 5.09. The molecule has 0 unspecified atom stereocenters. The molecule has 0 atom stereocenters. The topological polar surface area (TPSA) is 58.6 Å². The van der Waals surface area contributed by atoms with E-state index in [1.165, 1.54) is 0 Å². The molecule has 0 fully saturated rings. The largest absolute Gasteiger partial charge is 0.461 e. The highest BCUT2D eigenvalue weighted by molar-refractivity contribution is 5.90. The van der Waals surface area contributed by atoms with E-state index in [2.05, 4.69) is 24.1 Å². The third-order valence-corrected chi connectivity index (χ3v) is 2.88. The number of carbonyl (C=O) groups excluding carboxylic acids is 2. The number of esters is 1. The summed E-state index contributed by atoms with van der Waals surface area (Å²) >= 11 is 0. The van der Waals surface area contributed by atoms with Gasteiger partial charge in [-0.15, -0.1) is 0 Å². The summed E-state index contributed by atoms with van der Waals surface area (Å²) in [7, 11) is 0. The first-order valence-electron chi connectivity index (χ1n) is 6.41. The number of hydrogen-bond acceptors (Lipinski definition) is 4. The minimum absolute atomic E-state index is 0.343. The van der Waals surface area contributed by atoms with Gasteiger partial charge in [-0.1, -0.05) is 13.8 Å². The summed E-state index contributed by atoms with van der Waals surface area (Å²) in [5, 5.41) is 2.51. The van der Waals surface area contributed by atoms with Crippen molar-refractivity contribution in [2.45, 2.75) is 13.8 Å². The smallest absolute Gasteiger partial charge is 0.338 e. The number of nitrogens with zero attached hydrogens (tertiary/aromatic N) is 1. The number of rotatable bonds is 8. The van der Waals surface area contributed by atoms with Crippen molar-refractivity contribution in [2.75, 3.05) is 31.6 Å². The van der Waals surface area contributed by atoms with E-state index in [1.807, 2.05) is 0 Å². The summed E-state index contributed by atoms with van der Waals surface area (Å²) in [5.41, 5.74) is 1.13. The monoisotopic (exact) mass is 264 g/mol. The summed E-state index contributed by atoms with van der Waals surface area (Å²) in [5.74, 6) is -0.343. The predicted molar refractivity (Wildman–Crippen MR) is 74.2 cm³/mol. The third-order valence-electron chi connectivity index (χ3n) is 2.88. The molecule has 0 heterocycles. The van der Waals surface area contributed by atoms with Crippen molar-refractivity contribution < 1.29 is 14.3 Å². The fourth-order valence-corrected chi connectivity index (χ4v) is 1.66. The standard InChI is InChI=1S/C14H20N2O3/c1-3-16(4-2)9-10-19-14(18)12-5-7-13(8-6-12)15-11-17/h5-8,11H,3-4,9-10H2,1-2H3,(H,15,17). The van der Waals surface area contributed by atoms with Crippen molar-refractivity contribution in [3.63, 3.8) is 0 Å². The predicted octanol–water partition coefficient (Wildman–Crippen LogP) is 1.75. The molecule has 0 aliphatic heterocycles. The summed E-state index contributed by atoms with van der Waals surface area (Å²) in [4.78, 5) is 24.2. The van der Waals surface area contributed by atoms with Gasteiger partial charge in [0.2, 0.25) is 6.41 Å².